The van der Waals surface area contributed by atoms with Gasteiger partial charge in [-0.25, -0.2) is 0 Å². The molecular weight excluding hydrogens is 274 g/mol. The van der Waals surface area contributed by atoms with E-state index in [1.807, 2.05) is 6.92 Å². The summed E-state index contributed by atoms with van der Waals surface area (Å²) in [4.78, 5) is 0.183. The van der Waals surface area contributed by atoms with E-state index in [4.69, 9.17) is 4.74 Å². The molecule has 4 nitrogen and oxygen atoms in total. The van der Waals surface area contributed by atoms with Crippen molar-refractivity contribution in [3.05, 3.63) is 59.7 Å². The maximum atomic E-state index is 12.0. The Balaban J connectivity index is 2.27. The fourth-order valence-electron chi connectivity index (χ4n) is 1.62. The van der Waals surface area contributed by atoms with E-state index in [-0.39, 0.29) is 4.90 Å². The molecule has 0 radical (unpaired) electrons. The summed E-state index contributed by atoms with van der Waals surface area (Å²) in [5, 5.41) is 0. The van der Waals surface area contributed by atoms with E-state index in [1.54, 1.807) is 55.6 Å². The molecule has 0 fully saturated rings. The lowest BCUT2D eigenvalue weighted by Gasteiger charge is -2.01. The minimum atomic E-state index is -3.67. The van der Waals surface area contributed by atoms with Crippen LogP contribution in [0.1, 0.15) is 11.1 Å². The van der Waals surface area contributed by atoms with Gasteiger partial charge in [-0.1, -0.05) is 29.8 Å². The first-order valence-electron chi connectivity index (χ1n) is 6.02. The molecular formula is C15H15NO3S. The predicted molar refractivity (Wildman–Crippen MR) is 79.0 cm³/mol. The molecule has 0 unspecified atom stereocenters. The van der Waals surface area contributed by atoms with E-state index in [0.717, 1.165) is 5.56 Å². The van der Waals surface area contributed by atoms with Gasteiger partial charge in [0.2, 0.25) is 0 Å². The van der Waals surface area contributed by atoms with Gasteiger partial charge in [0.1, 0.15) is 5.75 Å². The highest BCUT2D eigenvalue weighted by atomic mass is 32.2. The van der Waals surface area contributed by atoms with E-state index in [0.29, 0.717) is 11.3 Å². The van der Waals surface area contributed by atoms with Crippen molar-refractivity contribution in [3.63, 3.8) is 0 Å². The smallest absolute Gasteiger partial charge is 0.282 e. The van der Waals surface area contributed by atoms with E-state index in [9.17, 15) is 8.42 Å². The number of methoxy groups -OCH3 is 1. The lowest BCUT2D eigenvalue weighted by atomic mass is 10.2. The standard InChI is InChI=1S/C15H15NO3S/c1-12-6-8-15(9-7-12)20(17,18)16-11-13-4-3-5-14(10-13)19-2/h3-11H,1-2H3/b16-11-. The first-order valence-corrected chi connectivity index (χ1v) is 7.46. The molecule has 0 aliphatic carbocycles. The Kier molecular flexibility index (Phi) is 4.20. The zero-order valence-electron chi connectivity index (χ0n) is 11.3. The highest BCUT2D eigenvalue weighted by Gasteiger charge is 2.10. The van der Waals surface area contributed by atoms with Gasteiger partial charge < -0.3 is 4.74 Å². The zero-order valence-corrected chi connectivity index (χ0v) is 12.1. The molecule has 0 aliphatic heterocycles. The number of nitrogens with zero attached hydrogens (tertiary/aromatic N) is 1. The van der Waals surface area contributed by atoms with Crippen LogP contribution in [0.5, 0.6) is 5.75 Å². The SMILES string of the molecule is COc1cccc(/C=N\S(=O)(=O)c2ccc(C)cc2)c1. The third kappa shape index (κ3) is 3.45. The van der Waals surface area contributed by atoms with Gasteiger partial charge in [-0.2, -0.15) is 12.8 Å². The largest absolute Gasteiger partial charge is 0.497 e. The van der Waals surface area contributed by atoms with Gasteiger partial charge in [0.25, 0.3) is 10.0 Å². The molecule has 0 N–H and O–H groups in total. The van der Waals surface area contributed by atoms with Crippen LogP contribution in [0.25, 0.3) is 0 Å². The zero-order chi connectivity index (χ0) is 14.6. The minimum Gasteiger partial charge on any atom is -0.497 e. The Labute approximate surface area is 118 Å². The van der Waals surface area contributed by atoms with Gasteiger partial charge in [-0.15, -0.1) is 0 Å². The van der Waals surface area contributed by atoms with E-state index in [1.165, 1.54) is 6.21 Å². The van der Waals surface area contributed by atoms with Crippen molar-refractivity contribution in [2.24, 2.45) is 4.40 Å². The summed E-state index contributed by atoms with van der Waals surface area (Å²) in [5.41, 5.74) is 1.67. The van der Waals surface area contributed by atoms with Crippen LogP contribution in [0.3, 0.4) is 0 Å². The molecule has 2 aromatic carbocycles. The lowest BCUT2D eigenvalue weighted by Crippen LogP contribution is -1.98. The van der Waals surface area contributed by atoms with Crippen LogP contribution in [-0.2, 0) is 10.0 Å². The van der Waals surface area contributed by atoms with Crippen LogP contribution >= 0.6 is 0 Å². The van der Waals surface area contributed by atoms with Gasteiger partial charge in [0, 0.05) is 6.21 Å². The fourth-order valence-corrected chi connectivity index (χ4v) is 2.49. The normalized spacial score (nSPS) is 11.7. The topological polar surface area (TPSA) is 55.7 Å². The third-order valence-corrected chi connectivity index (χ3v) is 4.00. The first-order chi connectivity index (χ1) is 9.51. The maximum absolute atomic E-state index is 12.0. The van der Waals surface area contributed by atoms with Gasteiger partial charge in [-0.3, -0.25) is 0 Å². The van der Waals surface area contributed by atoms with E-state index in [2.05, 4.69) is 4.40 Å². The van der Waals surface area contributed by atoms with Crippen molar-refractivity contribution < 1.29 is 13.2 Å². The number of hydrogen-bond donors (Lipinski definition) is 0. The Morgan fingerprint density at radius 3 is 2.45 bits per heavy atom. The molecule has 0 amide bonds. The lowest BCUT2D eigenvalue weighted by molar-refractivity contribution is 0.415. The van der Waals surface area contributed by atoms with Gasteiger partial charge >= 0.3 is 0 Å². The summed E-state index contributed by atoms with van der Waals surface area (Å²) in [5.74, 6) is 0.654. The Bertz CT molecular complexity index is 719. The molecule has 0 spiro atoms. The summed E-state index contributed by atoms with van der Waals surface area (Å²) < 4.78 is 32.9. The Hall–Kier alpha value is -2.14. The van der Waals surface area contributed by atoms with Crippen LogP contribution in [0.4, 0.5) is 0 Å². The van der Waals surface area contributed by atoms with Gasteiger partial charge in [0.15, 0.2) is 0 Å². The number of hydrogen-bond acceptors (Lipinski definition) is 3. The third-order valence-electron chi connectivity index (χ3n) is 2.75. The summed E-state index contributed by atoms with van der Waals surface area (Å²) in [6.45, 7) is 1.90. The Morgan fingerprint density at radius 2 is 1.80 bits per heavy atom. The average Bonchev–Trinajstić information content (AvgIpc) is 2.46. The average molecular weight is 289 g/mol. The van der Waals surface area contributed by atoms with Crippen molar-refractivity contribution in [1.29, 1.82) is 0 Å². The first kappa shape index (κ1) is 14.3. The van der Waals surface area contributed by atoms with Crippen molar-refractivity contribution in [2.45, 2.75) is 11.8 Å². The van der Waals surface area contributed by atoms with E-state index >= 15 is 0 Å². The molecule has 0 saturated heterocycles. The predicted octanol–water partition coefficient (Wildman–Crippen LogP) is 2.81. The second kappa shape index (κ2) is 5.88. The second-order valence-electron chi connectivity index (χ2n) is 4.30. The van der Waals surface area contributed by atoms with Gasteiger partial charge in [0.05, 0.1) is 12.0 Å². The molecule has 5 heteroatoms. The van der Waals surface area contributed by atoms with Gasteiger partial charge in [-0.05, 0) is 36.8 Å². The number of aryl methyl sites for hydroxylation is 1. The molecule has 0 bridgehead atoms. The monoisotopic (exact) mass is 289 g/mol. The van der Waals surface area contributed by atoms with Crippen LogP contribution in [0.15, 0.2) is 57.8 Å². The second-order valence-corrected chi connectivity index (χ2v) is 5.93. The fraction of sp³-hybridized carbons (Fsp3) is 0.133. The number of rotatable bonds is 4. The van der Waals surface area contributed by atoms with Crippen LogP contribution in [0.2, 0.25) is 0 Å². The highest BCUT2D eigenvalue weighted by molar-refractivity contribution is 7.90. The van der Waals surface area contributed by atoms with Crippen molar-refractivity contribution in [2.75, 3.05) is 7.11 Å². The van der Waals surface area contributed by atoms with Crippen molar-refractivity contribution in [3.8, 4) is 5.75 Å². The van der Waals surface area contributed by atoms with Crippen LogP contribution in [0, 0.1) is 6.92 Å². The molecule has 0 heterocycles. The van der Waals surface area contributed by atoms with Crippen LogP contribution in [-0.4, -0.2) is 21.7 Å². The van der Waals surface area contributed by atoms with E-state index < -0.39 is 10.0 Å². The highest BCUT2D eigenvalue weighted by Crippen LogP contribution is 2.14. The molecule has 20 heavy (non-hydrogen) atoms. The summed E-state index contributed by atoms with van der Waals surface area (Å²) in [6, 6.07) is 13.6. The number of sulfonamides is 1. The molecule has 104 valence electrons. The summed E-state index contributed by atoms with van der Waals surface area (Å²) in [6.07, 6.45) is 1.32. The minimum absolute atomic E-state index is 0.183. The number of benzene rings is 2. The maximum Gasteiger partial charge on any atom is 0.282 e. The van der Waals surface area contributed by atoms with Crippen molar-refractivity contribution in [1.82, 2.24) is 0 Å². The quantitative estimate of drug-likeness (QED) is 0.813. The molecule has 0 aromatic heterocycles. The molecule has 2 rings (SSSR count). The molecule has 0 atom stereocenters. The number of ether oxygens (including phenoxy) is 1. The molecule has 0 saturated carbocycles. The summed E-state index contributed by atoms with van der Waals surface area (Å²) in [7, 11) is -2.11. The van der Waals surface area contributed by atoms with Crippen molar-refractivity contribution >= 4 is 16.2 Å². The molecule has 2 aromatic rings. The summed E-state index contributed by atoms with van der Waals surface area (Å²) >= 11 is 0. The molecule has 0 aliphatic rings. The van der Waals surface area contributed by atoms with Crippen LogP contribution < -0.4 is 4.74 Å². The Morgan fingerprint density at radius 1 is 1.10 bits per heavy atom.